The fourth-order valence-electron chi connectivity index (χ4n) is 3.05. The fraction of sp³-hybridized carbons (Fsp3) is 0.312. The Balaban J connectivity index is 1.71. The molecule has 2 aromatic heterocycles. The molecular formula is C16H17N7O2. The molecule has 0 spiro atoms. The Morgan fingerprint density at radius 3 is 2.96 bits per heavy atom. The van der Waals surface area contributed by atoms with Crippen molar-refractivity contribution in [2.24, 2.45) is 12.8 Å². The normalized spacial score (nSPS) is 17.8. The number of fused-ring (bicyclic) bond motifs is 1. The summed E-state index contributed by atoms with van der Waals surface area (Å²) in [6.45, 7) is 1.71. The average molecular weight is 339 g/mol. The Morgan fingerprint density at radius 2 is 2.20 bits per heavy atom. The van der Waals surface area contributed by atoms with Crippen LogP contribution < -0.4 is 10.6 Å². The van der Waals surface area contributed by atoms with Gasteiger partial charge >= 0.3 is 0 Å². The van der Waals surface area contributed by atoms with Crippen molar-refractivity contribution in [3.63, 3.8) is 0 Å². The predicted octanol–water partition coefficient (Wildman–Crippen LogP) is 0.435. The van der Waals surface area contributed by atoms with Crippen LogP contribution in [0.15, 0.2) is 30.3 Å². The van der Waals surface area contributed by atoms with Crippen molar-refractivity contribution in [1.29, 1.82) is 0 Å². The predicted molar refractivity (Wildman–Crippen MR) is 90.0 cm³/mol. The number of hydrogen-bond donors (Lipinski definition) is 1. The van der Waals surface area contributed by atoms with Crippen LogP contribution in [-0.4, -0.2) is 50.8 Å². The van der Waals surface area contributed by atoms with E-state index in [-0.39, 0.29) is 6.10 Å². The molecule has 0 radical (unpaired) electrons. The zero-order valence-corrected chi connectivity index (χ0v) is 13.7. The Kier molecular flexibility index (Phi) is 3.77. The minimum atomic E-state index is -0.470. The maximum atomic E-state index is 11.9. The van der Waals surface area contributed by atoms with Gasteiger partial charge in [0.25, 0.3) is 0 Å². The molecule has 1 aromatic carbocycles. The number of morpholine rings is 1. The van der Waals surface area contributed by atoms with Crippen LogP contribution in [-0.2, 0) is 11.8 Å². The number of rotatable bonds is 3. The van der Waals surface area contributed by atoms with Crippen molar-refractivity contribution in [1.82, 2.24) is 25.2 Å². The summed E-state index contributed by atoms with van der Waals surface area (Å²) < 4.78 is 7.39. The van der Waals surface area contributed by atoms with Gasteiger partial charge in [0.15, 0.2) is 5.82 Å². The highest BCUT2D eigenvalue weighted by molar-refractivity contribution is 6.06. The second kappa shape index (κ2) is 6.10. The number of carbonyl (C=O) groups excluding carboxylic acids is 1. The van der Waals surface area contributed by atoms with Crippen LogP contribution in [0.4, 0.5) is 5.82 Å². The maximum absolute atomic E-state index is 11.9. The third-order valence-electron chi connectivity index (χ3n) is 4.30. The Morgan fingerprint density at radius 1 is 1.36 bits per heavy atom. The van der Waals surface area contributed by atoms with E-state index in [4.69, 9.17) is 10.5 Å². The lowest BCUT2D eigenvalue weighted by Gasteiger charge is -2.33. The maximum Gasteiger partial charge on any atom is 0.249 e. The van der Waals surface area contributed by atoms with Gasteiger partial charge in [-0.2, -0.15) is 0 Å². The summed E-state index contributed by atoms with van der Waals surface area (Å²) in [5.41, 5.74) is 6.76. The average Bonchev–Trinajstić information content (AvgIpc) is 3.06. The molecule has 0 saturated carbocycles. The van der Waals surface area contributed by atoms with E-state index in [1.807, 2.05) is 24.3 Å². The van der Waals surface area contributed by atoms with Crippen molar-refractivity contribution in [3.05, 3.63) is 41.7 Å². The number of tetrazole rings is 1. The second-order valence-electron chi connectivity index (χ2n) is 5.88. The lowest BCUT2D eigenvalue weighted by Crippen LogP contribution is -2.39. The molecular weight excluding hydrogens is 322 g/mol. The highest BCUT2D eigenvalue weighted by Gasteiger charge is 2.27. The van der Waals surface area contributed by atoms with Crippen LogP contribution in [0.3, 0.4) is 0 Å². The van der Waals surface area contributed by atoms with E-state index in [9.17, 15) is 4.79 Å². The Hall–Kier alpha value is -3.07. The standard InChI is InChI=1S/C16H17N7O2/c1-22-16(19-20-21-22)13-9-23(6-7-25-13)14-8-11(15(17)24)10-4-2-3-5-12(10)18-14/h2-5,8,13H,6-7,9H2,1H3,(H2,17,24). The molecule has 1 aliphatic heterocycles. The van der Waals surface area contributed by atoms with E-state index in [2.05, 4.69) is 25.4 Å². The highest BCUT2D eigenvalue weighted by atomic mass is 16.5. The summed E-state index contributed by atoms with van der Waals surface area (Å²) in [7, 11) is 1.77. The number of nitrogens with two attached hydrogens (primary N) is 1. The fourth-order valence-corrected chi connectivity index (χ4v) is 3.05. The molecule has 2 N–H and O–H groups in total. The number of anilines is 1. The van der Waals surface area contributed by atoms with E-state index in [0.29, 0.717) is 36.9 Å². The molecule has 3 aromatic rings. The summed E-state index contributed by atoms with van der Waals surface area (Å²) in [6.07, 6.45) is -0.265. The second-order valence-corrected chi connectivity index (χ2v) is 5.88. The van der Waals surface area contributed by atoms with E-state index in [1.165, 1.54) is 0 Å². The summed E-state index contributed by atoms with van der Waals surface area (Å²) >= 11 is 0. The quantitative estimate of drug-likeness (QED) is 0.736. The number of amides is 1. The van der Waals surface area contributed by atoms with Gasteiger partial charge in [0, 0.05) is 19.0 Å². The molecule has 1 saturated heterocycles. The number of hydrogen-bond acceptors (Lipinski definition) is 7. The number of pyridine rings is 1. The van der Waals surface area contributed by atoms with Gasteiger partial charge in [-0.05, 0) is 22.6 Å². The van der Waals surface area contributed by atoms with E-state index < -0.39 is 5.91 Å². The zero-order chi connectivity index (χ0) is 17.4. The first-order valence-electron chi connectivity index (χ1n) is 7.92. The van der Waals surface area contributed by atoms with Crippen LogP contribution in [0.5, 0.6) is 0 Å². The molecule has 0 aliphatic carbocycles. The van der Waals surface area contributed by atoms with Gasteiger partial charge in [-0.15, -0.1) is 5.10 Å². The number of ether oxygens (including phenoxy) is 1. The summed E-state index contributed by atoms with van der Waals surface area (Å²) in [5, 5.41) is 12.3. The topological polar surface area (TPSA) is 112 Å². The molecule has 4 rings (SSSR count). The van der Waals surface area contributed by atoms with Crippen LogP contribution in [0.1, 0.15) is 22.3 Å². The molecule has 25 heavy (non-hydrogen) atoms. The van der Waals surface area contributed by atoms with Crippen LogP contribution in [0.2, 0.25) is 0 Å². The van der Waals surface area contributed by atoms with Gasteiger partial charge < -0.3 is 15.4 Å². The minimum absolute atomic E-state index is 0.265. The molecule has 1 unspecified atom stereocenters. The molecule has 1 amide bonds. The number of aryl methyl sites for hydroxylation is 1. The SMILES string of the molecule is Cn1nnnc1C1CN(c2cc(C(N)=O)c3ccccc3n2)CCO1. The smallest absolute Gasteiger partial charge is 0.249 e. The third-order valence-corrected chi connectivity index (χ3v) is 4.30. The molecule has 128 valence electrons. The van der Waals surface area contributed by atoms with Crippen LogP contribution in [0, 0.1) is 0 Å². The molecule has 9 nitrogen and oxygen atoms in total. The van der Waals surface area contributed by atoms with Gasteiger partial charge in [0.2, 0.25) is 5.91 Å². The lowest BCUT2D eigenvalue weighted by molar-refractivity contribution is 0.0314. The number of para-hydroxylation sites is 1. The summed E-state index contributed by atoms with van der Waals surface area (Å²) in [4.78, 5) is 18.6. The Labute approximate surface area is 143 Å². The molecule has 9 heteroatoms. The largest absolute Gasteiger partial charge is 0.366 e. The van der Waals surface area contributed by atoms with E-state index in [0.717, 1.165) is 10.9 Å². The summed E-state index contributed by atoms with van der Waals surface area (Å²) in [5.74, 6) is 0.874. The molecule has 1 fully saturated rings. The summed E-state index contributed by atoms with van der Waals surface area (Å²) in [6, 6.07) is 9.20. The number of primary amides is 1. The minimum Gasteiger partial charge on any atom is -0.366 e. The van der Waals surface area contributed by atoms with Crippen LogP contribution in [0.25, 0.3) is 10.9 Å². The lowest BCUT2D eigenvalue weighted by atomic mass is 10.1. The van der Waals surface area contributed by atoms with E-state index in [1.54, 1.807) is 17.8 Å². The van der Waals surface area contributed by atoms with Crippen LogP contribution >= 0.6 is 0 Å². The van der Waals surface area contributed by atoms with Gasteiger partial charge in [-0.1, -0.05) is 18.2 Å². The van der Waals surface area contributed by atoms with Gasteiger partial charge in [-0.25, -0.2) is 9.67 Å². The number of benzene rings is 1. The highest BCUT2D eigenvalue weighted by Crippen LogP contribution is 2.27. The van der Waals surface area contributed by atoms with E-state index >= 15 is 0 Å². The van der Waals surface area contributed by atoms with Gasteiger partial charge in [-0.3, -0.25) is 4.79 Å². The first kappa shape index (κ1) is 15.5. The third kappa shape index (κ3) is 2.78. The van der Waals surface area contributed by atoms with Crippen molar-refractivity contribution in [2.45, 2.75) is 6.10 Å². The van der Waals surface area contributed by atoms with Gasteiger partial charge in [0.1, 0.15) is 11.9 Å². The number of nitrogens with zero attached hydrogens (tertiary/aromatic N) is 6. The van der Waals surface area contributed by atoms with Crippen molar-refractivity contribution < 1.29 is 9.53 Å². The zero-order valence-electron chi connectivity index (χ0n) is 13.7. The number of carbonyl (C=O) groups is 1. The molecule has 0 bridgehead atoms. The first-order chi connectivity index (χ1) is 12.1. The van der Waals surface area contributed by atoms with Crippen molar-refractivity contribution in [3.8, 4) is 0 Å². The Bertz CT molecular complexity index is 939. The van der Waals surface area contributed by atoms with Crippen molar-refractivity contribution >= 4 is 22.6 Å². The first-order valence-corrected chi connectivity index (χ1v) is 7.92. The van der Waals surface area contributed by atoms with Crippen molar-refractivity contribution in [2.75, 3.05) is 24.6 Å². The molecule has 1 aliphatic rings. The molecule has 1 atom stereocenters. The monoisotopic (exact) mass is 339 g/mol. The van der Waals surface area contributed by atoms with Gasteiger partial charge in [0.05, 0.1) is 24.2 Å². The molecule has 3 heterocycles. The number of aromatic nitrogens is 5.